The number of nitrogens with zero attached hydrogens (tertiary/aromatic N) is 2. The van der Waals surface area contributed by atoms with E-state index in [9.17, 15) is 9.59 Å². The topological polar surface area (TPSA) is 42.3 Å². The number of ketones is 1. The Bertz CT molecular complexity index is 804. The maximum Gasteiger partial charge on any atom is 0.200 e. The van der Waals surface area contributed by atoms with E-state index in [1.165, 1.54) is 6.92 Å². The van der Waals surface area contributed by atoms with Gasteiger partial charge in [-0.25, -0.2) is 0 Å². The minimum absolute atomic E-state index is 0.202. The molecule has 1 aliphatic rings. The van der Waals surface area contributed by atoms with Crippen LogP contribution in [0.3, 0.4) is 0 Å². The van der Waals surface area contributed by atoms with Gasteiger partial charge >= 0.3 is 0 Å². The Hall–Kier alpha value is -1.81. The normalized spacial score (nSPS) is 14.8. The fourth-order valence-electron chi connectivity index (χ4n) is 3.11. The van der Waals surface area contributed by atoms with Crippen LogP contribution in [0.5, 0.6) is 0 Å². The molecule has 3 rings (SSSR count). The number of hydrogen-bond acceptors (Lipinski definition) is 3. The van der Waals surface area contributed by atoms with Gasteiger partial charge in [-0.2, -0.15) is 0 Å². The Balaban J connectivity index is 2.31. The predicted molar refractivity (Wildman–Crippen MR) is 90.3 cm³/mol. The van der Waals surface area contributed by atoms with Crippen LogP contribution in [0.4, 0.5) is 5.69 Å². The largest absolute Gasteiger partial charge is 0.370 e. The summed E-state index contributed by atoms with van der Waals surface area (Å²) in [5, 5.41) is 1.23. The Labute approximate surface area is 134 Å². The van der Waals surface area contributed by atoms with Gasteiger partial charge in [-0.1, -0.05) is 11.6 Å². The van der Waals surface area contributed by atoms with Gasteiger partial charge in [0.2, 0.25) is 0 Å². The van der Waals surface area contributed by atoms with E-state index in [1.54, 1.807) is 6.20 Å². The summed E-state index contributed by atoms with van der Waals surface area (Å²) in [4.78, 5) is 26.6. The summed E-state index contributed by atoms with van der Waals surface area (Å²) >= 11 is 6.44. The Morgan fingerprint density at radius 3 is 2.55 bits per heavy atom. The third-order valence-electron chi connectivity index (χ3n) is 4.32. The van der Waals surface area contributed by atoms with Crippen molar-refractivity contribution in [1.82, 2.24) is 4.57 Å². The van der Waals surface area contributed by atoms with Gasteiger partial charge in [-0.05, 0) is 38.8 Å². The lowest BCUT2D eigenvalue weighted by Crippen LogP contribution is -2.21. The van der Waals surface area contributed by atoms with Gasteiger partial charge in [0.1, 0.15) is 0 Å². The van der Waals surface area contributed by atoms with E-state index in [1.807, 2.05) is 23.6 Å². The number of aryl methyl sites for hydroxylation is 1. The summed E-state index contributed by atoms with van der Waals surface area (Å²) in [5.74, 6) is -0.202. The van der Waals surface area contributed by atoms with E-state index in [0.29, 0.717) is 17.0 Å². The smallest absolute Gasteiger partial charge is 0.200 e. The first-order valence-corrected chi connectivity index (χ1v) is 8.03. The van der Waals surface area contributed by atoms with Gasteiger partial charge in [0.25, 0.3) is 0 Å². The monoisotopic (exact) mass is 318 g/mol. The van der Waals surface area contributed by atoms with Crippen molar-refractivity contribution in [3.05, 3.63) is 39.1 Å². The molecule has 1 aromatic carbocycles. The van der Waals surface area contributed by atoms with Gasteiger partial charge in [0.15, 0.2) is 11.2 Å². The van der Waals surface area contributed by atoms with E-state index in [-0.39, 0.29) is 16.8 Å². The molecule has 0 saturated carbocycles. The lowest BCUT2D eigenvalue weighted by atomic mass is 10.1. The molecule has 0 aliphatic carbocycles. The van der Waals surface area contributed by atoms with Crippen molar-refractivity contribution in [3.63, 3.8) is 0 Å². The van der Waals surface area contributed by atoms with Crippen molar-refractivity contribution in [2.24, 2.45) is 0 Å². The zero-order valence-corrected chi connectivity index (χ0v) is 13.6. The molecule has 2 aromatic rings. The molecule has 0 radical (unpaired) electrons. The lowest BCUT2D eigenvalue weighted by Gasteiger charge is -2.21. The minimum atomic E-state index is -0.204. The van der Waals surface area contributed by atoms with E-state index in [0.717, 1.165) is 37.1 Å². The molecule has 1 aliphatic heterocycles. The maximum atomic E-state index is 12.6. The van der Waals surface area contributed by atoms with Crippen LogP contribution in [0.15, 0.2) is 23.1 Å². The van der Waals surface area contributed by atoms with E-state index < -0.39 is 0 Å². The number of halogens is 1. The van der Waals surface area contributed by atoms with Crippen LogP contribution in [-0.2, 0) is 6.54 Å². The van der Waals surface area contributed by atoms with Gasteiger partial charge < -0.3 is 9.47 Å². The Morgan fingerprint density at radius 2 is 1.95 bits per heavy atom. The highest BCUT2D eigenvalue weighted by atomic mass is 35.5. The van der Waals surface area contributed by atoms with Crippen LogP contribution in [0.1, 0.15) is 37.0 Å². The maximum absolute atomic E-state index is 12.6. The molecule has 5 heteroatoms. The first-order chi connectivity index (χ1) is 10.5. The molecular weight excluding hydrogens is 300 g/mol. The van der Waals surface area contributed by atoms with Crippen molar-refractivity contribution in [1.29, 1.82) is 0 Å². The Kier molecular flexibility index (Phi) is 3.96. The number of fused-ring (bicyclic) bond motifs is 1. The van der Waals surface area contributed by atoms with Crippen LogP contribution in [0.2, 0.25) is 5.02 Å². The number of anilines is 1. The number of carbonyl (C=O) groups is 1. The average molecular weight is 319 g/mol. The number of pyridine rings is 1. The van der Waals surface area contributed by atoms with Crippen LogP contribution in [0.25, 0.3) is 10.9 Å². The SMILES string of the molecule is CCn1cc(C(C)=O)c(=O)c2cc(N3CCCC3)c(Cl)cc21. The van der Waals surface area contributed by atoms with Crippen molar-refractivity contribution >= 4 is 34.0 Å². The van der Waals surface area contributed by atoms with Gasteiger partial charge in [-0.3, -0.25) is 9.59 Å². The molecule has 0 atom stereocenters. The number of aromatic nitrogens is 1. The number of carbonyl (C=O) groups excluding carboxylic acids is 1. The van der Waals surface area contributed by atoms with Crippen molar-refractivity contribution < 1.29 is 4.79 Å². The lowest BCUT2D eigenvalue weighted by molar-refractivity contribution is 0.101. The number of Topliss-reactive ketones (excluding diaryl/α,β-unsaturated/α-hetero) is 1. The van der Waals surface area contributed by atoms with Crippen LogP contribution in [0, 0.1) is 0 Å². The first kappa shape index (κ1) is 15.1. The molecule has 1 saturated heterocycles. The van der Waals surface area contributed by atoms with Crippen LogP contribution in [-0.4, -0.2) is 23.4 Å². The highest BCUT2D eigenvalue weighted by Crippen LogP contribution is 2.32. The second-order valence-corrected chi connectivity index (χ2v) is 6.14. The molecule has 1 fully saturated rings. The molecule has 0 amide bonds. The highest BCUT2D eigenvalue weighted by Gasteiger charge is 2.19. The zero-order chi connectivity index (χ0) is 15.9. The molecular formula is C17H19ClN2O2. The first-order valence-electron chi connectivity index (χ1n) is 7.65. The standard InChI is InChI=1S/C17H19ClN2O2/c1-3-19-10-13(11(2)21)17(22)12-8-16(14(18)9-15(12)19)20-6-4-5-7-20/h8-10H,3-7H2,1-2H3. The van der Waals surface area contributed by atoms with E-state index >= 15 is 0 Å². The molecule has 4 nitrogen and oxygen atoms in total. The molecule has 22 heavy (non-hydrogen) atoms. The minimum Gasteiger partial charge on any atom is -0.370 e. The van der Waals surface area contributed by atoms with Crippen molar-refractivity contribution in [3.8, 4) is 0 Å². The third-order valence-corrected chi connectivity index (χ3v) is 4.62. The summed E-state index contributed by atoms with van der Waals surface area (Å²) < 4.78 is 1.91. The highest BCUT2D eigenvalue weighted by molar-refractivity contribution is 6.34. The quantitative estimate of drug-likeness (QED) is 0.814. The third kappa shape index (κ3) is 2.41. The van der Waals surface area contributed by atoms with Crippen LogP contribution >= 0.6 is 11.6 Å². The molecule has 1 aromatic heterocycles. The average Bonchev–Trinajstić information content (AvgIpc) is 3.01. The van der Waals surface area contributed by atoms with Crippen molar-refractivity contribution in [2.75, 3.05) is 18.0 Å². The second kappa shape index (κ2) is 5.76. The summed E-state index contributed by atoms with van der Waals surface area (Å²) in [6.45, 7) is 6.01. The molecule has 0 unspecified atom stereocenters. The summed E-state index contributed by atoms with van der Waals surface area (Å²) in [6, 6.07) is 3.70. The van der Waals surface area contributed by atoms with Gasteiger partial charge in [0, 0.05) is 31.2 Å². The molecule has 2 heterocycles. The second-order valence-electron chi connectivity index (χ2n) is 5.73. The summed E-state index contributed by atoms with van der Waals surface area (Å²) in [6.07, 6.45) is 3.92. The molecule has 0 N–H and O–H groups in total. The number of benzene rings is 1. The fourth-order valence-corrected chi connectivity index (χ4v) is 3.39. The zero-order valence-electron chi connectivity index (χ0n) is 12.9. The fraction of sp³-hybridized carbons (Fsp3) is 0.412. The van der Waals surface area contributed by atoms with Gasteiger partial charge in [-0.15, -0.1) is 0 Å². The van der Waals surface area contributed by atoms with E-state index in [2.05, 4.69) is 4.90 Å². The van der Waals surface area contributed by atoms with Gasteiger partial charge in [0.05, 0.1) is 21.8 Å². The van der Waals surface area contributed by atoms with Crippen molar-refractivity contribution in [2.45, 2.75) is 33.2 Å². The number of hydrogen-bond donors (Lipinski definition) is 0. The number of rotatable bonds is 3. The van der Waals surface area contributed by atoms with E-state index in [4.69, 9.17) is 11.6 Å². The summed E-state index contributed by atoms with van der Waals surface area (Å²) in [7, 11) is 0. The Morgan fingerprint density at radius 1 is 1.27 bits per heavy atom. The van der Waals surface area contributed by atoms with Crippen LogP contribution < -0.4 is 10.3 Å². The summed E-state index contributed by atoms with van der Waals surface area (Å²) in [5.41, 5.74) is 1.71. The molecule has 116 valence electrons. The molecule has 0 spiro atoms. The predicted octanol–water partition coefficient (Wildman–Crippen LogP) is 3.48. The molecule has 0 bridgehead atoms.